The third-order valence-electron chi connectivity index (χ3n) is 0.550. The minimum Gasteiger partial charge on any atom is -0.139 e. The molecule has 0 aromatic rings. The summed E-state index contributed by atoms with van der Waals surface area (Å²) in [7, 11) is 0. The van der Waals surface area contributed by atoms with Crippen molar-refractivity contribution < 1.29 is 0 Å². The minimum atomic E-state index is 0.441. The molecule has 0 heterocycles. The summed E-state index contributed by atoms with van der Waals surface area (Å²) >= 11 is 6.68. The Morgan fingerprint density at radius 2 is 2.14 bits per heavy atom. The van der Waals surface area contributed by atoms with Crippen LogP contribution in [0, 0.1) is 0 Å². The molecule has 0 fully saturated rings. The van der Waals surface area contributed by atoms with Crippen LogP contribution in [0.25, 0.3) is 0 Å². The van der Waals surface area contributed by atoms with Crippen molar-refractivity contribution in [3.8, 4) is 0 Å². The number of halogens is 2. The molecule has 40 valence electrons. The molecule has 0 unspecified atom stereocenters. The van der Waals surface area contributed by atoms with Crippen molar-refractivity contribution in [3.05, 3.63) is 12.2 Å². The van der Waals surface area contributed by atoms with Gasteiger partial charge in [-0.25, -0.2) is 0 Å². The second-order valence-electron chi connectivity index (χ2n) is 1.20. The van der Waals surface area contributed by atoms with Crippen LogP contribution in [0.1, 0.15) is 6.92 Å². The standard InChI is InChI=1S/C4H7BBr2/c1-2-3-4-5(6)7/h2-3H,4H2,1H3/b3-2-. The Balaban J connectivity index is 2.97. The zero-order valence-corrected chi connectivity index (χ0v) is 7.37. The van der Waals surface area contributed by atoms with Crippen LogP contribution < -0.4 is 0 Å². The first-order chi connectivity index (χ1) is 3.27. The monoisotopic (exact) mass is 224 g/mol. The Kier molecular flexibility index (Phi) is 5.45. The fraction of sp³-hybridized carbons (Fsp3) is 0.500. The molecular weight excluding hydrogens is 219 g/mol. The smallest absolute Gasteiger partial charge is 0.139 e. The van der Waals surface area contributed by atoms with Gasteiger partial charge in [0.2, 0.25) is 0 Å². The van der Waals surface area contributed by atoms with E-state index in [9.17, 15) is 0 Å². The molecule has 0 aliphatic rings. The van der Waals surface area contributed by atoms with Gasteiger partial charge < -0.3 is 0 Å². The quantitative estimate of drug-likeness (QED) is 0.501. The van der Waals surface area contributed by atoms with Gasteiger partial charge in [0.15, 0.2) is 0 Å². The predicted octanol–water partition coefficient (Wildman–Crippen LogP) is 2.84. The van der Waals surface area contributed by atoms with E-state index in [1.54, 1.807) is 0 Å². The van der Waals surface area contributed by atoms with Crippen LogP contribution in [-0.4, -0.2) is 4.36 Å². The van der Waals surface area contributed by atoms with E-state index in [0.29, 0.717) is 4.36 Å². The SMILES string of the molecule is C/C=C\CB(Br)Br. The summed E-state index contributed by atoms with van der Waals surface area (Å²) in [6, 6.07) is 0. The normalized spacial score (nSPS) is 10.1. The lowest BCUT2D eigenvalue weighted by atomic mass is 10.0. The lowest BCUT2D eigenvalue weighted by Crippen LogP contribution is -1.83. The molecule has 0 aromatic heterocycles. The highest BCUT2D eigenvalue weighted by Crippen LogP contribution is 2.08. The second kappa shape index (κ2) is 4.91. The summed E-state index contributed by atoms with van der Waals surface area (Å²) in [5.41, 5.74) is 0. The topological polar surface area (TPSA) is 0 Å². The van der Waals surface area contributed by atoms with E-state index < -0.39 is 0 Å². The molecule has 0 bridgehead atoms. The first kappa shape index (κ1) is 7.76. The lowest BCUT2D eigenvalue weighted by molar-refractivity contribution is 1.62. The summed E-state index contributed by atoms with van der Waals surface area (Å²) in [6.07, 6.45) is 5.19. The van der Waals surface area contributed by atoms with Crippen molar-refractivity contribution >= 4 is 35.9 Å². The number of hydrogen-bond donors (Lipinski definition) is 0. The van der Waals surface area contributed by atoms with E-state index in [4.69, 9.17) is 0 Å². The van der Waals surface area contributed by atoms with Gasteiger partial charge in [-0.3, -0.25) is 0 Å². The van der Waals surface area contributed by atoms with Crippen LogP contribution in [0.4, 0.5) is 0 Å². The van der Waals surface area contributed by atoms with E-state index in [2.05, 4.69) is 37.6 Å². The fourth-order valence-electron chi connectivity index (χ4n) is 0.239. The summed E-state index contributed by atoms with van der Waals surface area (Å²) < 4.78 is 0.441. The maximum Gasteiger partial charge on any atom is 0.302 e. The summed E-state index contributed by atoms with van der Waals surface area (Å²) in [5, 5.41) is 0. The van der Waals surface area contributed by atoms with Gasteiger partial charge in [0.1, 0.15) is 0 Å². The van der Waals surface area contributed by atoms with Crippen LogP contribution in [-0.2, 0) is 0 Å². The molecule has 0 rings (SSSR count). The van der Waals surface area contributed by atoms with Crippen LogP contribution in [0.15, 0.2) is 12.2 Å². The van der Waals surface area contributed by atoms with Crippen molar-refractivity contribution in [1.29, 1.82) is 0 Å². The molecule has 0 aliphatic carbocycles. The molecule has 0 nitrogen and oxygen atoms in total. The third-order valence-corrected chi connectivity index (χ3v) is 1.30. The first-order valence-corrected chi connectivity index (χ1v) is 3.99. The van der Waals surface area contributed by atoms with Gasteiger partial charge >= 0.3 is 4.36 Å². The Hall–Kier alpha value is 0.765. The predicted molar refractivity (Wildman–Crippen MR) is 43.2 cm³/mol. The van der Waals surface area contributed by atoms with Gasteiger partial charge in [0.25, 0.3) is 0 Å². The molecule has 0 saturated carbocycles. The average Bonchev–Trinajstić information content (AvgIpc) is 1.61. The number of allylic oxidation sites excluding steroid dienone is 2. The highest BCUT2D eigenvalue weighted by Gasteiger charge is 1.96. The highest BCUT2D eigenvalue weighted by molar-refractivity contribution is 9.49. The van der Waals surface area contributed by atoms with Crippen molar-refractivity contribution in [2.45, 2.75) is 13.2 Å². The van der Waals surface area contributed by atoms with Crippen molar-refractivity contribution in [1.82, 2.24) is 0 Å². The second-order valence-corrected chi connectivity index (χ2v) is 4.64. The molecule has 0 aliphatic heterocycles. The van der Waals surface area contributed by atoms with Gasteiger partial charge in [-0.15, -0.1) is 31.5 Å². The van der Waals surface area contributed by atoms with E-state index in [-0.39, 0.29) is 0 Å². The Morgan fingerprint density at radius 1 is 1.57 bits per heavy atom. The number of rotatable bonds is 2. The molecule has 0 N–H and O–H groups in total. The van der Waals surface area contributed by atoms with E-state index >= 15 is 0 Å². The third kappa shape index (κ3) is 6.76. The maximum absolute atomic E-state index is 3.34. The molecule has 0 radical (unpaired) electrons. The summed E-state index contributed by atoms with van der Waals surface area (Å²) in [6.45, 7) is 2.02. The maximum atomic E-state index is 3.34. The molecule has 0 aromatic carbocycles. The van der Waals surface area contributed by atoms with E-state index in [1.807, 2.05) is 13.0 Å². The van der Waals surface area contributed by atoms with Crippen molar-refractivity contribution in [3.63, 3.8) is 0 Å². The van der Waals surface area contributed by atoms with Crippen LogP contribution in [0.3, 0.4) is 0 Å². The largest absolute Gasteiger partial charge is 0.302 e. The van der Waals surface area contributed by atoms with Crippen LogP contribution in [0.5, 0.6) is 0 Å². The minimum absolute atomic E-state index is 0.441. The molecule has 0 spiro atoms. The van der Waals surface area contributed by atoms with Gasteiger partial charge in [0.05, 0.1) is 0 Å². The Labute approximate surface area is 61.4 Å². The van der Waals surface area contributed by atoms with E-state index in [0.717, 1.165) is 6.32 Å². The fourth-order valence-corrected chi connectivity index (χ4v) is 0.671. The molecule has 0 amide bonds. The van der Waals surface area contributed by atoms with E-state index in [1.165, 1.54) is 0 Å². The van der Waals surface area contributed by atoms with Gasteiger partial charge in [0, 0.05) is 0 Å². The Morgan fingerprint density at radius 3 is 2.29 bits per heavy atom. The van der Waals surface area contributed by atoms with Gasteiger partial charge in [-0.05, 0) is 13.2 Å². The zero-order chi connectivity index (χ0) is 5.70. The van der Waals surface area contributed by atoms with Crippen molar-refractivity contribution in [2.24, 2.45) is 0 Å². The van der Waals surface area contributed by atoms with Gasteiger partial charge in [-0.1, -0.05) is 12.2 Å². The molecule has 0 atom stereocenters. The molecular formula is C4H7BBr2. The lowest BCUT2D eigenvalue weighted by Gasteiger charge is -1.83. The zero-order valence-electron chi connectivity index (χ0n) is 4.20. The molecule has 7 heavy (non-hydrogen) atoms. The number of hydrogen-bond acceptors (Lipinski definition) is 0. The van der Waals surface area contributed by atoms with Crippen LogP contribution in [0.2, 0.25) is 6.32 Å². The highest BCUT2D eigenvalue weighted by atomic mass is 79.9. The van der Waals surface area contributed by atoms with Crippen LogP contribution >= 0.6 is 31.5 Å². The summed E-state index contributed by atoms with van der Waals surface area (Å²) in [4.78, 5) is 0. The molecule has 3 heteroatoms. The molecule has 0 saturated heterocycles. The average molecular weight is 226 g/mol. The van der Waals surface area contributed by atoms with Crippen molar-refractivity contribution in [2.75, 3.05) is 0 Å². The first-order valence-electron chi connectivity index (χ1n) is 2.16. The summed E-state index contributed by atoms with van der Waals surface area (Å²) in [5.74, 6) is 0. The van der Waals surface area contributed by atoms with Gasteiger partial charge in [-0.2, -0.15) is 0 Å². The Bertz CT molecular complexity index is 60.7.